The molecule has 1 saturated heterocycles. The standard InChI is InChI=1S/C22H20Cl3F3N4O/c23-14-6-4-13(5-7-14)20-18(22(26,27)28)19(21(33)30-31-10-2-1-3-11-31)29-32(20)17-9-8-15(24)12-16(17)25/h4-9,12,18,20H,1-3,10-11H2,(H,30,33)/t18-,20+/m1/s1. The molecule has 1 fully saturated rings. The minimum Gasteiger partial charge on any atom is -0.284 e. The second-order valence-corrected chi connectivity index (χ2v) is 9.21. The summed E-state index contributed by atoms with van der Waals surface area (Å²) in [6.45, 7) is 1.14. The third-order valence-corrected chi connectivity index (χ3v) is 6.45. The highest BCUT2D eigenvalue weighted by Gasteiger charge is 2.56. The smallest absolute Gasteiger partial charge is 0.284 e. The molecule has 4 rings (SSSR count). The van der Waals surface area contributed by atoms with E-state index in [1.807, 2.05) is 0 Å². The number of halogens is 6. The van der Waals surface area contributed by atoms with Crippen LogP contribution in [0.1, 0.15) is 30.9 Å². The molecule has 0 aromatic heterocycles. The van der Waals surface area contributed by atoms with Crippen molar-refractivity contribution in [2.24, 2.45) is 11.0 Å². The summed E-state index contributed by atoms with van der Waals surface area (Å²) < 4.78 is 43.3. The van der Waals surface area contributed by atoms with E-state index in [-0.39, 0.29) is 16.3 Å². The first-order valence-corrected chi connectivity index (χ1v) is 11.5. The predicted octanol–water partition coefficient (Wildman–Crippen LogP) is 6.26. The lowest BCUT2D eigenvalue weighted by Crippen LogP contribution is -2.50. The van der Waals surface area contributed by atoms with E-state index in [4.69, 9.17) is 34.8 Å². The maximum atomic E-state index is 14.4. The topological polar surface area (TPSA) is 47.9 Å². The number of nitrogens with one attached hydrogen (secondary N) is 1. The summed E-state index contributed by atoms with van der Waals surface area (Å²) in [4.78, 5) is 13.0. The Balaban J connectivity index is 1.79. The van der Waals surface area contributed by atoms with Crippen molar-refractivity contribution in [1.29, 1.82) is 0 Å². The number of rotatable bonds is 4. The van der Waals surface area contributed by atoms with E-state index < -0.39 is 29.8 Å². The van der Waals surface area contributed by atoms with Gasteiger partial charge in [0.2, 0.25) is 0 Å². The first-order valence-electron chi connectivity index (χ1n) is 10.4. The Bertz CT molecular complexity index is 1060. The number of carbonyl (C=O) groups excluding carboxylic acids is 1. The summed E-state index contributed by atoms with van der Waals surface area (Å²) in [7, 11) is 0. The zero-order valence-electron chi connectivity index (χ0n) is 17.2. The molecule has 2 aromatic carbocycles. The molecule has 5 nitrogen and oxygen atoms in total. The van der Waals surface area contributed by atoms with Gasteiger partial charge in [0.1, 0.15) is 11.6 Å². The second-order valence-electron chi connectivity index (χ2n) is 7.93. The van der Waals surface area contributed by atoms with E-state index in [9.17, 15) is 18.0 Å². The van der Waals surface area contributed by atoms with Gasteiger partial charge < -0.3 is 0 Å². The van der Waals surface area contributed by atoms with E-state index in [0.717, 1.165) is 24.3 Å². The van der Waals surface area contributed by atoms with E-state index in [1.165, 1.54) is 42.5 Å². The first kappa shape index (κ1) is 24.1. The van der Waals surface area contributed by atoms with Gasteiger partial charge in [-0.25, -0.2) is 5.01 Å². The minimum absolute atomic E-state index is 0.115. The summed E-state index contributed by atoms with van der Waals surface area (Å²) in [5.41, 5.74) is 2.47. The number of carbonyl (C=O) groups is 1. The van der Waals surface area contributed by atoms with Crippen molar-refractivity contribution in [3.05, 3.63) is 63.1 Å². The fourth-order valence-electron chi connectivity index (χ4n) is 4.12. The second kappa shape index (κ2) is 9.70. The summed E-state index contributed by atoms with van der Waals surface area (Å²) in [5.74, 6) is -3.07. The van der Waals surface area contributed by atoms with E-state index >= 15 is 0 Å². The van der Waals surface area contributed by atoms with Crippen LogP contribution < -0.4 is 10.4 Å². The summed E-state index contributed by atoms with van der Waals surface area (Å²) in [6, 6.07) is 9.02. The first-order chi connectivity index (χ1) is 15.6. The molecular formula is C22H20Cl3F3N4O. The molecule has 2 aromatic rings. The highest BCUT2D eigenvalue weighted by molar-refractivity contribution is 6.41. The molecule has 2 heterocycles. The van der Waals surface area contributed by atoms with E-state index in [1.54, 1.807) is 5.01 Å². The Kier molecular flexibility index (Phi) is 7.09. The number of amides is 1. The molecule has 2 aliphatic rings. The lowest BCUT2D eigenvalue weighted by Gasteiger charge is -2.30. The van der Waals surface area contributed by atoms with Crippen LogP contribution >= 0.6 is 34.8 Å². The van der Waals surface area contributed by atoms with Crippen molar-refractivity contribution < 1.29 is 18.0 Å². The SMILES string of the molecule is O=C(NN1CCCCC1)C1=NN(c2ccc(Cl)cc2Cl)[C@@H](c2ccc(Cl)cc2)[C@@H]1C(F)(F)F. The van der Waals surface area contributed by atoms with Crippen molar-refractivity contribution in [1.82, 2.24) is 10.4 Å². The molecule has 0 radical (unpaired) electrons. The Morgan fingerprint density at radius 3 is 2.21 bits per heavy atom. The van der Waals surface area contributed by atoms with Crippen LogP contribution in [-0.4, -0.2) is 35.9 Å². The Morgan fingerprint density at radius 1 is 0.970 bits per heavy atom. The molecule has 1 amide bonds. The highest BCUT2D eigenvalue weighted by Crippen LogP contribution is 2.48. The van der Waals surface area contributed by atoms with Gasteiger partial charge in [0, 0.05) is 23.1 Å². The normalized spacial score (nSPS) is 21.8. The lowest BCUT2D eigenvalue weighted by molar-refractivity contribution is -0.160. The van der Waals surface area contributed by atoms with Crippen LogP contribution in [0, 0.1) is 5.92 Å². The number of anilines is 1. The maximum absolute atomic E-state index is 14.4. The number of benzene rings is 2. The third-order valence-electron chi connectivity index (χ3n) is 5.66. The molecule has 1 N–H and O–H groups in total. The molecule has 0 saturated carbocycles. The van der Waals surface area contributed by atoms with Gasteiger partial charge in [-0.15, -0.1) is 0 Å². The van der Waals surface area contributed by atoms with Crippen molar-refractivity contribution in [2.75, 3.05) is 18.1 Å². The van der Waals surface area contributed by atoms with Gasteiger partial charge in [-0.2, -0.15) is 18.3 Å². The van der Waals surface area contributed by atoms with Crippen LogP contribution in [0.15, 0.2) is 47.6 Å². The number of nitrogens with zero attached hydrogens (tertiary/aromatic N) is 3. The Labute approximate surface area is 204 Å². The molecule has 0 bridgehead atoms. The average Bonchev–Trinajstić information content (AvgIpc) is 3.16. The zero-order chi connectivity index (χ0) is 23.8. The number of hydrazine groups is 1. The molecule has 0 spiro atoms. The van der Waals surface area contributed by atoms with Crippen molar-refractivity contribution in [2.45, 2.75) is 31.5 Å². The molecule has 0 aliphatic carbocycles. The van der Waals surface area contributed by atoms with Crippen LogP contribution in [0.25, 0.3) is 0 Å². The van der Waals surface area contributed by atoms with Gasteiger partial charge in [0.05, 0.1) is 16.8 Å². The summed E-state index contributed by atoms with van der Waals surface area (Å²) >= 11 is 18.3. The minimum atomic E-state index is -4.75. The van der Waals surface area contributed by atoms with Gasteiger partial charge in [0.25, 0.3) is 5.91 Å². The number of alkyl halides is 3. The third kappa shape index (κ3) is 5.24. The summed E-state index contributed by atoms with van der Waals surface area (Å²) in [5, 5.41) is 7.77. The zero-order valence-corrected chi connectivity index (χ0v) is 19.5. The van der Waals surface area contributed by atoms with Gasteiger partial charge in [-0.3, -0.25) is 15.2 Å². The molecule has 33 heavy (non-hydrogen) atoms. The van der Waals surface area contributed by atoms with Crippen LogP contribution in [-0.2, 0) is 4.79 Å². The van der Waals surface area contributed by atoms with Gasteiger partial charge in [-0.1, -0.05) is 53.4 Å². The molecular weight excluding hydrogens is 500 g/mol. The van der Waals surface area contributed by atoms with E-state index in [2.05, 4.69) is 10.5 Å². The van der Waals surface area contributed by atoms with Crippen LogP contribution in [0.5, 0.6) is 0 Å². The number of piperidine rings is 1. The maximum Gasteiger partial charge on any atom is 0.399 e. The monoisotopic (exact) mass is 518 g/mol. The fraction of sp³-hybridized carbons (Fsp3) is 0.364. The quantitative estimate of drug-likeness (QED) is 0.519. The molecule has 0 unspecified atom stereocenters. The van der Waals surface area contributed by atoms with E-state index in [0.29, 0.717) is 23.1 Å². The molecule has 176 valence electrons. The van der Waals surface area contributed by atoms with Crippen molar-refractivity contribution >= 4 is 52.1 Å². The fourth-order valence-corrected chi connectivity index (χ4v) is 4.74. The Morgan fingerprint density at radius 2 is 1.61 bits per heavy atom. The van der Waals surface area contributed by atoms with Crippen LogP contribution in [0.4, 0.5) is 18.9 Å². The Hall–Kier alpha value is -2.00. The highest BCUT2D eigenvalue weighted by atomic mass is 35.5. The average molecular weight is 520 g/mol. The van der Waals surface area contributed by atoms with Crippen LogP contribution in [0.3, 0.4) is 0 Å². The lowest BCUT2D eigenvalue weighted by atomic mass is 9.88. The number of hydrazone groups is 1. The predicted molar refractivity (Wildman–Crippen MR) is 124 cm³/mol. The van der Waals surface area contributed by atoms with Crippen molar-refractivity contribution in [3.63, 3.8) is 0 Å². The summed E-state index contributed by atoms with van der Waals surface area (Å²) in [6.07, 6.45) is -2.03. The number of hydrogen-bond acceptors (Lipinski definition) is 4. The van der Waals surface area contributed by atoms with Crippen LogP contribution in [0.2, 0.25) is 15.1 Å². The van der Waals surface area contributed by atoms with Gasteiger partial charge in [-0.05, 0) is 48.7 Å². The molecule has 2 atom stereocenters. The van der Waals surface area contributed by atoms with Crippen molar-refractivity contribution in [3.8, 4) is 0 Å². The number of hydrogen-bond donors (Lipinski definition) is 1. The molecule has 2 aliphatic heterocycles. The van der Waals surface area contributed by atoms with Gasteiger partial charge in [0.15, 0.2) is 0 Å². The largest absolute Gasteiger partial charge is 0.399 e. The van der Waals surface area contributed by atoms with Gasteiger partial charge >= 0.3 is 6.18 Å². The molecule has 11 heteroatoms.